The van der Waals surface area contributed by atoms with Gasteiger partial charge in [0.1, 0.15) is 23.6 Å². The lowest BCUT2D eigenvalue weighted by atomic mass is 10.00. The van der Waals surface area contributed by atoms with Gasteiger partial charge >= 0.3 is 0 Å². The van der Waals surface area contributed by atoms with Crippen molar-refractivity contribution >= 4 is 17.3 Å². The van der Waals surface area contributed by atoms with E-state index in [1.165, 1.54) is 24.0 Å². The van der Waals surface area contributed by atoms with Crippen LogP contribution in [-0.4, -0.2) is 19.4 Å². The van der Waals surface area contributed by atoms with E-state index in [1.54, 1.807) is 6.33 Å². The lowest BCUT2D eigenvalue weighted by molar-refractivity contribution is 1.02. The van der Waals surface area contributed by atoms with Gasteiger partial charge in [0.2, 0.25) is 0 Å². The molecule has 1 saturated carbocycles. The highest BCUT2D eigenvalue weighted by Crippen LogP contribution is 2.39. The first kappa shape index (κ1) is 20.0. The van der Waals surface area contributed by atoms with Crippen LogP contribution in [0.25, 0.3) is 5.65 Å². The van der Waals surface area contributed by atoms with Gasteiger partial charge in [0.05, 0.1) is 23.9 Å². The molecule has 0 spiro atoms. The largest absolute Gasteiger partial charge is 0.366 e. The SMILES string of the molecule is Cc1cc(C#N)cc(C)c1CNc1cc(NCc2cn3cc(C4CC4)ccc3n2)ncn1. The lowest BCUT2D eigenvalue weighted by Gasteiger charge is -2.12. The summed E-state index contributed by atoms with van der Waals surface area (Å²) in [6.07, 6.45) is 8.41. The maximum absolute atomic E-state index is 9.13. The smallest absolute Gasteiger partial charge is 0.137 e. The number of rotatable bonds is 7. The number of hydrogen-bond donors (Lipinski definition) is 2. The monoisotopic (exact) mass is 423 g/mol. The Morgan fingerprint density at radius 3 is 2.41 bits per heavy atom. The standard InChI is InChI=1S/C25H25N7/c1-16-7-18(10-26)8-17(2)22(16)12-28-24-9-23(29-15-30-24)27-11-21-14-32-13-20(19-3-4-19)5-6-25(32)31-21/h5-9,13-15,19H,3-4,11-12H2,1-2H3,(H2,27,28,29,30). The Morgan fingerprint density at radius 1 is 1.00 bits per heavy atom. The predicted octanol–water partition coefficient (Wildman–Crippen LogP) is 4.71. The fraction of sp³-hybridized carbons (Fsp3) is 0.280. The topological polar surface area (TPSA) is 90.9 Å². The van der Waals surface area contributed by atoms with Gasteiger partial charge in [-0.1, -0.05) is 6.07 Å². The normalized spacial score (nSPS) is 13.2. The molecule has 0 atom stereocenters. The fourth-order valence-corrected chi connectivity index (χ4v) is 4.05. The Balaban J connectivity index is 1.24. The molecular formula is C25H25N7. The van der Waals surface area contributed by atoms with Crippen LogP contribution in [0.2, 0.25) is 0 Å². The number of imidazole rings is 1. The average Bonchev–Trinajstić information content (AvgIpc) is 3.56. The molecule has 5 rings (SSSR count). The molecule has 2 N–H and O–H groups in total. The molecule has 0 unspecified atom stereocenters. The zero-order valence-electron chi connectivity index (χ0n) is 18.3. The molecule has 32 heavy (non-hydrogen) atoms. The van der Waals surface area contributed by atoms with E-state index in [0.717, 1.165) is 40.0 Å². The van der Waals surface area contributed by atoms with Crippen molar-refractivity contribution in [2.75, 3.05) is 10.6 Å². The highest BCUT2D eigenvalue weighted by Gasteiger charge is 2.23. The molecule has 1 fully saturated rings. The third-order valence-corrected chi connectivity index (χ3v) is 5.96. The first-order valence-corrected chi connectivity index (χ1v) is 10.9. The van der Waals surface area contributed by atoms with Crippen LogP contribution in [0.4, 0.5) is 11.6 Å². The molecule has 1 aromatic carbocycles. The van der Waals surface area contributed by atoms with Crippen LogP contribution in [0.1, 0.15) is 52.3 Å². The van der Waals surface area contributed by atoms with E-state index in [1.807, 2.05) is 32.0 Å². The highest BCUT2D eigenvalue weighted by molar-refractivity contribution is 5.49. The van der Waals surface area contributed by atoms with Gasteiger partial charge in [-0.25, -0.2) is 15.0 Å². The maximum Gasteiger partial charge on any atom is 0.137 e. The summed E-state index contributed by atoms with van der Waals surface area (Å²) in [5.74, 6) is 2.22. The van der Waals surface area contributed by atoms with Gasteiger partial charge in [-0.15, -0.1) is 0 Å². The molecule has 0 amide bonds. The molecule has 0 saturated heterocycles. The van der Waals surface area contributed by atoms with Crippen LogP contribution < -0.4 is 10.6 Å². The van der Waals surface area contributed by atoms with Crippen molar-refractivity contribution in [1.29, 1.82) is 5.26 Å². The summed E-state index contributed by atoms with van der Waals surface area (Å²) in [6, 6.07) is 12.2. The fourth-order valence-electron chi connectivity index (χ4n) is 4.05. The highest BCUT2D eigenvalue weighted by atomic mass is 15.1. The van der Waals surface area contributed by atoms with Gasteiger partial charge < -0.3 is 15.0 Å². The Labute approximate surface area is 187 Å². The zero-order valence-corrected chi connectivity index (χ0v) is 18.3. The number of fused-ring (bicyclic) bond motifs is 1. The maximum atomic E-state index is 9.13. The average molecular weight is 424 g/mol. The first-order valence-electron chi connectivity index (χ1n) is 10.9. The number of nitrogens with one attached hydrogen (secondary N) is 2. The second-order valence-electron chi connectivity index (χ2n) is 8.43. The summed E-state index contributed by atoms with van der Waals surface area (Å²) >= 11 is 0. The van der Waals surface area contributed by atoms with Crippen molar-refractivity contribution in [3.63, 3.8) is 0 Å². The zero-order chi connectivity index (χ0) is 22.1. The number of anilines is 2. The number of nitriles is 1. The molecule has 3 aromatic heterocycles. The molecule has 0 bridgehead atoms. The van der Waals surface area contributed by atoms with Gasteiger partial charge in [0.25, 0.3) is 0 Å². The predicted molar refractivity (Wildman–Crippen MR) is 124 cm³/mol. The van der Waals surface area contributed by atoms with Crippen molar-refractivity contribution in [3.05, 3.63) is 82.6 Å². The van der Waals surface area contributed by atoms with E-state index in [0.29, 0.717) is 18.7 Å². The molecule has 7 nitrogen and oxygen atoms in total. The Bertz CT molecular complexity index is 1300. The second kappa shape index (κ2) is 8.31. The van der Waals surface area contributed by atoms with E-state index in [-0.39, 0.29) is 0 Å². The third kappa shape index (κ3) is 4.26. The minimum absolute atomic E-state index is 0.588. The Kier molecular flexibility index (Phi) is 5.20. The van der Waals surface area contributed by atoms with Gasteiger partial charge in [-0.2, -0.15) is 5.26 Å². The van der Waals surface area contributed by atoms with Crippen LogP contribution in [0.3, 0.4) is 0 Å². The summed E-state index contributed by atoms with van der Waals surface area (Å²) in [7, 11) is 0. The van der Waals surface area contributed by atoms with Gasteiger partial charge in [-0.3, -0.25) is 0 Å². The molecule has 7 heteroatoms. The number of pyridine rings is 1. The number of hydrogen-bond acceptors (Lipinski definition) is 6. The number of aromatic nitrogens is 4. The quantitative estimate of drug-likeness (QED) is 0.447. The van der Waals surface area contributed by atoms with E-state index in [2.05, 4.69) is 55.6 Å². The minimum atomic E-state index is 0.588. The van der Waals surface area contributed by atoms with E-state index in [4.69, 9.17) is 10.2 Å². The number of benzene rings is 1. The van der Waals surface area contributed by atoms with E-state index < -0.39 is 0 Å². The van der Waals surface area contributed by atoms with Crippen molar-refractivity contribution in [3.8, 4) is 6.07 Å². The van der Waals surface area contributed by atoms with Crippen LogP contribution >= 0.6 is 0 Å². The van der Waals surface area contributed by atoms with E-state index >= 15 is 0 Å². The second-order valence-corrected chi connectivity index (χ2v) is 8.43. The summed E-state index contributed by atoms with van der Waals surface area (Å²) in [6.45, 7) is 5.28. The molecular weight excluding hydrogens is 398 g/mol. The molecule has 3 heterocycles. The molecule has 0 aliphatic heterocycles. The van der Waals surface area contributed by atoms with Gasteiger partial charge in [-0.05, 0) is 73.1 Å². The first-order chi connectivity index (χ1) is 15.6. The molecule has 160 valence electrons. The van der Waals surface area contributed by atoms with Crippen LogP contribution in [-0.2, 0) is 13.1 Å². The van der Waals surface area contributed by atoms with Crippen molar-refractivity contribution in [2.24, 2.45) is 0 Å². The molecule has 0 radical (unpaired) electrons. The van der Waals surface area contributed by atoms with Crippen LogP contribution in [0, 0.1) is 25.2 Å². The number of aryl methyl sites for hydroxylation is 2. The molecule has 4 aromatic rings. The summed E-state index contributed by atoms with van der Waals surface area (Å²) in [5.41, 5.74) is 7.38. The summed E-state index contributed by atoms with van der Waals surface area (Å²) < 4.78 is 2.11. The molecule has 1 aliphatic carbocycles. The third-order valence-electron chi connectivity index (χ3n) is 5.96. The lowest BCUT2D eigenvalue weighted by Crippen LogP contribution is -2.07. The van der Waals surface area contributed by atoms with E-state index in [9.17, 15) is 0 Å². The van der Waals surface area contributed by atoms with Crippen molar-refractivity contribution in [2.45, 2.75) is 45.7 Å². The minimum Gasteiger partial charge on any atom is -0.366 e. The molecule has 1 aliphatic rings. The van der Waals surface area contributed by atoms with Crippen molar-refractivity contribution < 1.29 is 0 Å². The summed E-state index contributed by atoms with van der Waals surface area (Å²) in [4.78, 5) is 13.4. The Hall–Kier alpha value is -3.92. The Morgan fingerprint density at radius 2 is 1.72 bits per heavy atom. The van der Waals surface area contributed by atoms with Gasteiger partial charge in [0, 0.05) is 25.0 Å². The van der Waals surface area contributed by atoms with Crippen LogP contribution in [0.15, 0.2) is 49.1 Å². The summed E-state index contributed by atoms with van der Waals surface area (Å²) in [5, 5.41) is 15.8. The van der Waals surface area contributed by atoms with Crippen LogP contribution in [0.5, 0.6) is 0 Å². The van der Waals surface area contributed by atoms with Crippen molar-refractivity contribution in [1.82, 2.24) is 19.4 Å². The van der Waals surface area contributed by atoms with Gasteiger partial charge in [0.15, 0.2) is 0 Å². The number of nitrogens with zero attached hydrogens (tertiary/aromatic N) is 5.